The molecule has 0 amide bonds. The van der Waals surface area contributed by atoms with Gasteiger partial charge in [-0.3, -0.25) is 0 Å². The second-order valence-electron chi connectivity index (χ2n) is 3.44. The summed E-state index contributed by atoms with van der Waals surface area (Å²) in [5, 5.41) is 1.89. The van der Waals surface area contributed by atoms with Gasteiger partial charge in [-0.2, -0.15) is 0 Å². The van der Waals surface area contributed by atoms with Gasteiger partial charge in [0.15, 0.2) is 0 Å². The van der Waals surface area contributed by atoms with Crippen LogP contribution in [0.25, 0.3) is 0 Å². The number of rotatable bonds is 7. The molecule has 1 aromatic rings. The Morgan fingerprint density at radius 3 is 2.80 bits per heavy atom. The lowest BCUT2D eigenvalue weighted by Crippen LogP contribution is -2.25. The monoisotopic (exact) mass is 247 g/mol. The van der Waals surface area contributed by atoms with Crippen LogP contribution >= 0.6 is 11.3 Å². The van der Waals surface area contributed by atoms with Crippen LogP contribution in [0, 0.1) is 0 Å². The Kier molecular flexibility index (Phi) is 5.28. The number of sulfonamides is 1. The van der Waals surface area contributed by atoms with Gasteiger partial charge >= 0.3 is 0 Å². The summed E-state index contributed by atoms with van der Waals surface area (Å²) in [4.78, 5) is 0.887. The van der Waals surface area contributed by atoms with Crippen LogP contribution in [0.5, 0.6) is 0 Å². The quantitative estimate of drug-likeness (QED) is 0.752. The molecule has 0 aliphatic heterocycles. The van der Waals surface area contributed by atoms with Gasteiger partial charge < -0.3 is 0 Å². The lowest BCUT2D eigenvalue weighted by Gasteiger charge is -2.04. The molecule has 0 saturated heterocycles. The lowest BCUT2D eigenvalue weighted by atomic mass is 10.3. The van der Waals surface area contributed by atoms with E-state index in [9.17, 15) is 8.42 Å². The van der Waals surface area contributed by atoms with Gasteiger partial charge in [0, 0.05) is 11.4 Å². The second kappa shape index (κ2) is 6.25. The Morgan fingerprint density at radius 1 is 1.40 bits per heavy atom. The third kappa shape index (κ3) is 5.30. The van der Waals surface area contributed by atoms with Crippen molar-refractivity contribution < 1.29 is 8.42 Å². The summed E-state index contributed by atoms with van der Waals surface area (Å²) in [6.45, 7) is 2.65. The molecule has 86 valence electrons. The Hall–Kier alpha value is -0.390. The van der Waals surface area contributed by atoms with Crippen molar-refractivity contribution in [2.45, 2.75) is 31.9 Å². The van der Waals surface area contributed by atoms with Gasteiger partial charge in [0.2, 0.25) is 10.0 Å². The highest BCUT2D eigenvalue weighted by atomic mass is 32.2. The Balaban J connectivity index is 2.33. The number of thiophene rings is 1. The molecule has 5 heteroatoms. The van der Waals surface area contributed by atoms with Crippen molar-refractivity contribution >= 4 is 21.4 Å². The molecule has 3 nitrogen and oxygen atoms in total. The van der Waals surface area contributed by atoms with Gasteiger partial charge in [0.1, 0.15) is 0 Å². The number of nitrogens with one attached hydrogen (secondary N) is 1. The summed E-state index contributed by atoms with van der Waals surface area (Å²) in [7, 11) is -3.12. The minimum absolute atomic E-state index is 0.108. The second-order valence-corrected chi connectivity index (χ2v) is 6.28. The predicted octanol–water partition coefficient (Wildman–Crippen LogP) is 2.36. The Bertz CT molecular complexity index is 357. The summed E-state index contributed by atoms with van der Waals surface area (Å²) in [5.41, 5.74) is 0. The van der Waals surface area contributed by atoms with Crippen LogP contribution in [0.1, 0.15) is 31.1 Å². The first kappa shape index (κ1) is 12.7. The third-order valence-corrected chi connectivity index (χ3v) is 4.41. The van der Waals surface area contributed by atoms with E-state index in [2.05, 4.69) is 11.6 Å². The minimum atomic E-state index is -3.12. The predicted molar refractivity (Wildman–Crippen MR) is 64.5 cm³/mol. The summed E-state index contributed by atoms with van der Waals surface area (Å²) in [6.07, 6.45) is 3.09. The molecule has 0 aliphatic rings. The normalized spacial score (nSPS) is 11.8. The molecule has 0 saturated carbocycles. The van der Waals surface area contributed by atoms with Crippen LogP contribution in [-0.2, 0) is 15.8 Å². The molecule has 1 rings (SSSR count). The van der Waals surface area contributed by atoms with Crippen LogP contribution in [-0.4, -0.2) is 15.0 Å². The van der Waals surface area contributed by atoms with Crippen LogP contribution in [0.3, 0.4) is 0 Å². The topological polar surface area (TPSA) is 46.2 Å². The fourth-order valence-corrected chi connectivity index (χ4v) is 3.49. The first-order chi connectivity index (χ1) is 7.14. The largest absolute Gasteiger partial charge is 0.216 e. The van der Waals surface area contributed by atoms with E-state index in [1.165, 1.54) is 11.3 Å². The summed E-state index contributed by atoms with van der Waals surface area (Å²) < 4.78 is 25.7. The number of hydrogen-bond acceptors (Lipinski definition) is 3. The van der Waals surface area contributed by atoms with E-state index in [0.29, 0.717) is 6.54 Å². The van der Waals surface area contributed by atoms with Crippen molar-refractivity contribution in [1.82, 2.24) is 4.72 Å². The van der Waals surface area contributed by atoms with Gasteiger partial charge in [-0.1, -0.05) is 25.8 Å². The van der Waals surface area contributed by atoms with Crippen molar-refractivity contribution in [2.75, 3.05) is 6.54 Å². The van der Waals surface area contributed by atoms with Crippen LogP contribution < -0.4 is 4.72 Å². The molecule has 0 spiro atoms. The van der Waals surface area contributed by atoms with Crippen LogP contribution in [0.15, 0.2) is 17.5 Å². The lowest BCUT2D eigenvalue weighted by molar-refractivity contribution is 0.575. The van der Waals surface area contributed by atoms with Crippen LogP contribution in [0.2, 0.25) is 0 Å². The number of hydrogen-bond donors (Lipinski definition) is 1. The van der Waals surface area contributed by atoms with Gasteiger partial charge in [0.05, 0.1) is 5.75 Å². The average Bonchev–Trinajstić information content (AvgIpc) is 2.64. The van der Waals surface area contributed by atoms with Crippen molar-refractivity contribution in [3.8, 4) is 0 Å². The summed E-state index contributed by atoms with van der Waals surface area (Å²) >= 11 is 1.47. The Morgan fingerprint density at radius 2 is 2.20 bits per heavy atom. The standard InChI is InChI=1S/C10H17NO2S2/c1-2-3-4-7-11-15(12,13)9-10-6-5-8-14-10/h5-6,8,11H,2-4,7,9H2,1H3. The zero-order valence-electron chi connectivity index (χ0n) is 8.90. The maximum Gasteiger partial charge on any atom is 0.216 e. The minimum Gasteiger partial charge on any atom is -0.215 e. The maximum atomic E-state index is 11.6. The first-order valence-corrected chi connectivity index (χ1v) is 7.67. The highest BCUT2D eigenvalue weighted by Crippen LogP contribution is 2.11. The molecule has 0 aliphatic carbocycles. The van der Waals surface area contributed by atoms with Gasteiger partial charge in [0.25, 0.3) is 0 Å². The molecule has 1 N–H and O–H groups in total. The van der Waals surface area contributed by atoms with Crippen molar-refractivity contribution in [3.63, 3.8) is 0 Å². The molecule has 0 fully saturated rings. The molecule has 1 aromatic heterocycles. The smallest absolute Gasteiger partial charge is 0.215 e. The molecule has 0 unspecified atom stereocenters. The molecule has 0 aromatic carbocycles. The maximum absolute atomic E-state index is 11.6. The van der Waals surface area contributed by atoms with Crippen LogP contribution in [0.4, 0.5) is 0 Å². The highest BCUT2D eigenvalue weighted by Gasteiger charge is 2.10. The fourth-order valence-electron chi connectivity index (χ4n) is 1.24. The molecular formula is C10H17NO2S2. The first-order valence-electron chi connectivity index (χ1n) is 5.14. The third-order valence-electron chi connectivity index (χ3n) is 2.01. The van der Waals surface area contributed by atoms with E-state index in [-0.39, 0.29) is 5.75 Å². The average molecular weight is 247 g/mol. The zero-order chi connectivity index (χ0) is 11.1. The van der Waals surface area contributed by atoms with E-state index in [4.69, 9.17) is 0 Å². The van der Waals surface area contributed by atoms with E-state index >= 15 is 0 Å². The fraction of sp³-hybridized carbons (Fsp3) is 0.600. The number of unbranched alkanes of at least 4 members (excludes halogenated alkanes) is 2. The molecule has 0 bridgehead atoms. The van der Waals surface area contributed by atoms with E-state index in [1.807, 2.05) is 17.5 Å². The molecule has 0 radical (unpaired) electrons. The van der Waals surface area contributed by atoms with Crippen molar-refractivity contribution in [2.24, 2.45) is 0 Å². The summed E-state index contributed by atoms with van der Waals surface area (Å²) in [5.74, 6) is 0.108. The summed E-state index contributed by atoms with van der Waals surface area (Å²) in [6, 6.07) is 3.71. The van der Waals surface area contributed by atoms with Crippen molar-refractivity contribution in [3.05, 3.63) is 22.4 Å². The van der Waals surface area contributed by atoms with E-state index in [1.54, 1.807) is 0 Å². The van der Waals surface area contributed by atoms with Gasteiger partial charge in [-0.05, 0) is 17.9 Å². The van der Waals surface area contributed by atoms with Gasteiger partial charge in [-0.15, -0.1) is 11.3 Å². The van der Waals surface area contributed by atoms with Crippen molar-refractivity contribution in [1.29, 1.82) is 0 Å². The molecule has 15 heavy (non-hydrogen) atoms. The van der Waals surface area contributed by atoms with E-state index in [0.717, 1.165) is 24.1 Å². The molecule has 1 heterocycles. The van der Waals surface area contributed by atoms with E-state index < -0.39 is 10.0 Å². The SMILES string of the molecule is CCCCCNS(=O)(=O)Cc1cccs1. The Labute approximate surface area is 95.6 Å². The zero-order valence-corrected chi connectivity index (χ0v) is 10.5. The highest BCUT2D eigenvalue weighted by molar-refractivity contribution is 7.88. The van der Waals surface area contributed by atoms with Gasteiger partial charge in [-0.25, -0.2) is 13.1 Å². The molecular weight excluding hydrogens is 230 g/mol. The molecule has 0 atom stereocenters.